The topological polar surface area (TPSA) is 41.6 Å². The average molecular weight is 302 g/mol. The van der Waals surface area contributed by atoms with Gasteiger partial charge in [-0.15, -0.1) is 0 Å². The number of nitrogens with zero attached hydrogens (tertiary/aromatic N) is 1. The minimum atomic E-state index is 0.118. The molecule has 0 aromatic heterocycles. The summed E-state index contributed by atoms with van der Waals surface area (Å²) in [4.78, 5) is 14.4. The van der Waals surface area contributed by atoms with Crippen LogP contribution in [-0.4, -0.2) is 43.1 Å². The number of rotatable bonds is 5. The summed E-state index contributed by atoms with van der Waals surface area (Å²) in [5.41, 5.74) is 1.22. The highest BCUT2D eigenvalue weighted by molar-refractivity contribution is 5.78. The quantitative estimate of drug-likeness (QED) is 0.908. The maximum absolute atomic E-state index is 12.2. The number of carbonyl (C=O) groups excluding carboxylic acids is 1. The summed E-state index contributed by atoms with van der Waals surface area (Å²) in [6.45, 7) is 5.28. The molecule has 0 spiro atoms. The highest BCUT2D eigenvalue weighted by Crippen LogP contribution is 2.33. The highest BCUT2D eigenvalue weighted by Gasteiger charge is 2.30. The smallest absolute Gasteiger partial charge is 0.234 e. The van der Waals surface area contributed by atoms with E-state index in [1.807, 2.05) is 18.2 Å². The van der Waals surface area contributed by atoms with Gasteiger partial charge in [0.15, 0.2) is 0 Å². The standard InChI is InChI=1S/C18H26N2O2/c1-14-6-5-10-20(14)13-17(21)19-12-16-9-11-22-18(16)15-7-3-2-4-8-15/h2-4,7-8,14,16,18H,5-6,9-13H2,1H3,(H,19,21)/t14?,16-,18-/m1/s1. The summed E-state index contributed by atoms with van der Waals surface area (Å²) in [7, 11) is 0. The Hall–Kier alpha value is -1.39. The number of ether oxygens (including phenoxy) is 1. The summed E-state index contributed by atoms with van der Waals surface area (Å²) in [5, 5.41) is 3.11. The first-order chi connectivity index (χ1) is 10.7. The number of hydrogen-bond acceptors (Lipinski definition) is 3. The Morgan fingerprint density at radius 2 is 2.14 bits per heavy atom. The molecule has 2 fully saturated rings. The summed E-state index contributed by atoms with van der Waals surface area (Å²) in [6.07, 6.45) is 3.55. The van der Waals surface area contributed by atoms with E-state index in [-0.39, 0.29) is 12.0 Å². The van der Waals surface area contributed by atoms with Crippen molar-refractivity contribution in [2.75, 3.05) is 26.2 Å². The zero-order valence-electron chi connectivity index (χ0n) is 13.3. The molecular weight excluding hydrogens is 276 g/mol. The first-order valence-corrected chi connectivity index (χ1v) is 8.41. The van der Waals surface area contributed by atoms with Crippen LogP contribution < -0.4 is 5.32 Å². The van der Waals surface area contributed by atoms with Crippen LogP contribution in [0.2, 0.25) is 0 Å². The predicted octanol–water partition coefficient (Wildman–Crippen LogP) is 2.36. The van der Waals surface area contributed by atoms with E-state index >= 15 is 0 Å². The molecule has 1 aromatic rings. The van der Waals surface area contributed by atoms with Crippen molar-refractivity contribution in [3.05, 3.63) is 35.9 Å². The summed E-state index contributed by atoms with van der Waals surface area (Å²) in [5.74, 6) is 0.523. The van der Waals surface area contributed by atoms with Crippen LogP contribution in [0.3, 0.4) is 0 Å². The molecule has 3 atom stereocenters. The molecule has 3 rings (SSSR count). The Kier molecular flexibility index (Phi) is 5.11. The Morgan fingerprint density at radius 3 is 2.86 bits per heavy atom. The second-order valence-corrected chi connectivity index (χ2v) is 6.52. The molecule has 2 aliphatic heterocycles. The predicted molar refractivity (Wildman–Crippen MR) is 86.5 cm³/mol. The Bertz CT molecular complexity index is 491. The van der Waals surface area contributed by atoms with Crippen LogP contribution in [0.4, 0.5) is 0 Å². The van der Waals surface area contributed by atoms with E-state index in [1.54, 1.807) is 0 Å². The van der Waals surface area contributed by atoms with E-state index < -0.39 is 0 Å². The molecule has 120 valence electrons. The van der Waals surface area contributed by atoms with Crippen molar-refractivity contribution in [3.63, 3.8) is 0 Å². The van der Waals surface area contributed by atoms with Gasteiger partial charge >= 0.3 is 0 Å². The van der Waals surface area contributed by atoms with Crippen LogP contribution >= 0.6 is 0 Å². The molecule has 2 aliphatic rings. The molecule has 0 bridgehead atoms. The molecule has 0 saturated carbocycles. The largest absolute Gasteiger partial charge is 0.373 e. The minimum absolute atomic E-state index is 0.118. The van der Waals surface area contributed by atoms with Crippen LogP contribution in [0.5, 0.6) is 0 Å². The maximum atomic E-state index is 12.2. The number of amides is 1. The molecule has 2 heterocycles. The van der Waals surface area contributed by atoms with Gasteiger partial charge in [-0.25, -0.2) is 0 Å². The highest BCUT2D eigenvalue weighted by atomic mass is 16.5. The van der Waals surface area contributed by atoms with Crippen molar-refractivity contribution in [3.8, 4) is 0 Å². The van der Waals surface area contributed by atoms with Gasteiger partial charge in [0, 0.05) is 25.1 Å². The van der Waals surface area contributed by atoms with Crippen LogP contribution in [-0.2, 0) is 9.53 Å². The van der Waals surface area contributed by atoms with E-state index in [1.165, 1.54) is 18.4 Å². The average Bonchev–Trinajstić information content (AvgIpc) is 3.16. The molecule has 1 amide bonds. The normalized spacial score (nSPS) is 28.9. The third-order valence-corrected chi connectivity index (χ3v) is 4.94. The van der Waals surface area contributed by atoms with E-state index in [2.05, 4.69) is 29.3 Å². The van der Waals surface area contributed by atoms with E-state index in [4.69, 9.17) is 4.74 Å². The molecule has 1 N–H and O–H groups in total. The van der Waals surface area contributed by atoms with Gasteiger partial charge in [-0.3, -0.25) is 9.69 Å². The Balaban J connectivity index is 1.49. The lowest BCUT2D eigenvalue weighted by atomic mass is 9.95. The zero-order valence-corrected chi connectivity index (χ0v) is 13.3. The number of carbonyl (C=O) groups is 1. The number of hydrogen-bond donors (Lipinski definition) is 1. The number of benzene rings is 1. The third-order valence-electron chi connectivity index (χ3n) is 4.94. The van der Waals surface area contributed by atoms with Crippen molar-refractivity contribution in [1.29, 1.82) is 0 Å². The molecule has 1 unspecified atom stereocenters. The second-order valence-electron chi connectivity index (χ2n) is 6.52. The molecule has 4 nitrogen and oxygen atoms in total. The number of likely N-dealkylation sites (tertiary alicyclic amines) is 1. The SMILES string of the molecule is CC1CCCN1CC(=O)NC[C@H]1CCO[C@@H]1c1ccccc1. The molecule has 22 heavy (non-hydrogen) atoms. The van der Waals surface area contributed by atoms with Crippen LogP contribution in [0, 0.1) is 5.92 Å². The molecule has 1 aromatic carbocycles. The second kappa shape index (κ2) is 7.25. The first kappa shape index (κ1) is 15.5. The monoisotopic (exact) mass is 302 g/mol. The van der Waals surface area contributed by atoms with Crippen molar-refractivity contribution in [1.82, 2.24) is 10.2 Å². The molecule has 0 radical (unpaired) electrons. The minimum Gasteiger partial charge on any atom is -0.373 e. The van der Waals surface area contributed by atoms with Crippen molar-refractivity contribution in [2.24, 2.45) is 5.92 Å². The zero-order chi connectivity index (χ0) is 15.4. The summed E-state index contributed by atoms with van der Waals surface area (Å²) < 4.78 is 5.87. The third kappa shape index (κ3) is 3.68. The Morgan fingerprint density at radius 1 is 1.32 bits per heavy atom. The Labute approximate surface area is 132 Å². The lowest BCUT2D eigenvalue weighted by molar-refractivity contribution is -0.122. The lowest BCUT2D eigenvalue weighted by Gasteiger charge is -2.22. The van der Waals surface area contributed by atoms with Gasteiger partial charge in [-0.1, -0.05) is 30.3 Å². The first-order valence-electron chi connectivity index (χ1n) is 8.41. The van der Waals surface area contributed by atoms with Gasteiger partial charge in [0.1, 0.15) is 0 Å². The van der Waals surface area contributed by atoms with Gasteiger partial charge in [0.05, 0.1) is 12.6 Å². The lowest BCUT2D eigenvalue weighted by Crippen LogP contribution is -2.40. The van der Waals surface area contributed by atoms with Gasteiger partial charge in [0.25, 0.3) is 0 Å². The van der Waals surface area contributed by atoms with Gasteiger partial charge in [0.2, 0.25) is 5.91 Å². The van der Waals surface area contributed by atoms with Crippen molar-refractivity contribution >= 4 is 5.91 Å². The van der Waals surface area contributed by atoms with Crippen LogP contribution in [0.1, 0.15) is 37.9 Å². The fourth-order valence-electron chi connectivity index (χ4n) is 3.57. The summed E-state index contributed by atoms with van der Waals surface area (Å²) in [6, 6.07) is 10.9. The fourth-order valence-corrected chi connectivity index (χ4v) is 3.57. The van der Waals surface area contributed by atoms with Gasteiger partial charge < -0.3 is 10.1 Å². The maximum Gasteiger partial charge on any atom is 0.234 e. The van der Waals surface area contributed by atoms with Gasteiger partial charge in [-0.2, -0.15) is 0 Å². The molecular formula is C18H26N2O2. The number of nitrogens with one attached hydrogen (secondary N) is 1. The van der Waals surface area contributed by atoms with Crippen molar-refractivity contribution in [2.45, 2.75) is 38.3 Å². The van der Waals surface area contributed by atoms with E-state index in [9.17, 15) is 4.79 Å². The van der Waals surface area contributed by atoms with Crippen molar-refractivity contribution < 1.29 is 9.53 Å². The van der Waals surface area contributed by atoms with Crippen LogP contribution in [0.15, 0.2) is 30.3 Å². The molecule has 4 heteroatoms. The van der Waals surface area contributed by atoms with E-state index in [0.717, 1.165) is 19.6 Å². The molecule has 2 saturated heterocycles. The fraction of sp³-hybridized carbons (Fsp3) is 0.611. The van der Waals surface area contributed by atoms with Crippen LogP contribution in [0.25, 0.3) is 0 Å². The summed E-state index contributed by atoms with van der Waals surface area (Å²) >= 11 is 0. The molecule has 0 aliphatic carbocycles. The van der Waals surface area contributed by atoms with Gasteiger partial charge in [-0.05, 0) is 38.3 Å². The van der Waals surface area contributed by atoms with E-state index in [0.29, 0.717) is 25.0 Å².